The molecule has 8 rings (SSSR count). The minimum Gasteiger partial charge on any atom is -0.456 e. The van der Waals surface area contributed by atoms with Gasteiger partial charge in [-0.2, -0.15) is 0 Å². The Kier molecular flexibility index (Phi) is 5.57. The maximum Gasteiger partial charge on any atom is 0.346 e. The van der Waals surface area contributed by atoms with Crippen molar-refractivity contribution in [3.63, 3.8) is 0 Å². The molecule has 0 fully saturated rings. The highest BCUT2D eigenvalue weighted by atomic mass is 16.6. The van der Waals surface area contributed by atoms with E-state index < -0.39 is 23.9 Å². The van der Waals surface area contributed by atoms with E-state index in [1.807, 2.05) is 48.5 Å². The quantitative estimate of drug-likeness (QED) is 0.150. The zero-order chi connectivity index (χ0) is 29.9. The van der Waals surface area contributed by atoms with Crippen molar-refractivity contribution in [1.82, 2.24) is 0 Å². The fraction of sp³-hybridized carbons (Fsp3) is 0. The zero-order valence-corrected chi connectivity index (χ0v) is 22.7. The first-order valence-corrected chi connectivity index (χ1v) is 13.7. The third-order valence-corrected chi connectivity index (χ3v) is 7.76. The van der Waals surface area contributed by atoms with E-state index in [2.05, 4.69) is 0 Å². The highest BCUT2D eigenvalue weighted by molar-refractivity contribution is 6.22. The molecule has 0 spiro atoms. The van der Waals surface area contributed by atoms with Gasteiger partial charge in [0.2, 0.25) is 0 Å². The fourth-order valence-corrected chi connectivity index (χ4v) is 5.80. The number of hydrogen-bond donors (Lipinski definition) is 0. The molecule has 2 heterocycles. The number of cyclic esters (lactones) is 4. The Morgan fingerprint density at radius 3 is 1.14 bits per heavy atom. The molecule has 0 saturated heterocycles. The highest BCUT2D eigenvalue weighted by Crippen LogP contribution is 2.44. The average molecular weight is 579 g/mol. The molecule has 0 aromatic heterocycles. The number of esters is 4. The molecule has 6 aromatic rings. The van der Waals surface area contributed by atoms with E-state index in [4.69, 9.17) is 18.9 Å². The largest absolute Gasteiger partial charge is 0.456 e. The monoisotopic (exact) mass is 578 g/mol. The second-order valence-corrected chi connectivity index (χ2v) is 10.2. The maximum atomic E-state index is 12.4. The third kappa shape index (κ3) is 3.85. The standard InChI is InChI=1S/C36H18O8/c37-33-23-11-5-9-21-29(17-15-25(31(21)23)35(39)43-33)41-27-13-3-1-7-19(27)20-8-2-4-14-28(20)42-30-18-16-26-32-22(30)10-6-12-24(32)34(38)44-36(26)40/h1-18H. The number of carbonyl (C=O) groups excluding carboxylic acids is 4. The van der Waals surface area contributed by atoms with Gasteiger partial charge >= 0.3 is 23.9 Å². The Morgan fingerprint density at radius 2 is 0.705 bits per heavy atom. The summed E-state index contributed by atoms with van der Waals surface area (Å²) < 4.78 is 22.7. The van der Waals surface area contributed by atoms with Gasteiger partial charge in [-0.25, -0.2) is 19.2 Å². The van der Waals surface area contributed by atoms with E-state index in [-0.39, 0.29) is 0 Å². The fourth-order valence-electron chi connectivity index (χ4n) is 5.80. The molecule has 8 heteroatoms. The normalized spacial score (nSPS) is 13.5. The van der Waals surface area contributed by atoms with Crippen LogP contribution in [0.2, 0.25) is 0 Å². The van der Waals surface area contributed by atoms with Crippen LogP contribution in [-0.4, -0.2) is 23.9 Å². The lowest BCUT2D eigenvalue weighted by atomic mass is 9.96. The first-order chi connectivity index (χ1) is 21.5. The number of hydrogen-bond acceptors (Lipinski definition) is 8. The molecular weight excluding hydrogens is 560 g/mol. The van der Waals surface area contributed by atoms with Crippen LogP contribution in [0.1, 0.15) is 41.4 Å². The first-order valence-electron chi connectivity index (χ1n) is 13.7. The SMILES string of the molecule is O=C1OC(=O)c2ccc(Oc3ccccc3-c3ccccc3Oc3ccc4c5c(cccc35)C(=O)OC4=O)c3cccc1c23. The second kappa shape index (κ2) is 9.64. The van der Waals surface area contributed by atoms with Gasteiger partial charge in [-0.15, -0.1) is 0 Å². The van der Waals surface area contributed by atoms with Crippen molar-refractivity contribution in [2.45, 2.75) is 0 Å². The molecule has 0 N–H and O–H groups in total. The lowest BCUT2D eigenvalue weighted by Crippen LogP contribution is -2.19. The minimum atomic E-state index is -0.698. The predicted molar refractivity (Wildman–Crippen MR) is 159 cm³/mol. The molecule has 44 heavy (non-hydrogen) atoms. The number of ether oxygens (including phenoxy) is 4. The van der Waals surface area contributed by atoms with Gasteiger partial charge in [-0.1, -0.05) is 60.7 Å². The molecule has 0 unspecified atom stereocenters. The van der Waals surface area contributed by atoms with Gasteiger partial charge in [0.05, 0.1) is 22.3 Å². The van der Waals surface area contributed by atoms with Crippen LogP contribution in [0, 0.1) is 0 Å². The van der Waals surface area contributed by atoms with Crippen LogP contribution >= 0.6 is 0 Å². The number of benzene rings is 6. The molecule has 0 aliphatic carbocycles. The minimum absolute atomic E-state index is 0.297. The third-order valence-electron chi connectivity index (χ3n) is 7.76. The van der Waals surface area contributed by atoms with Crippen LogP contribution in [0.25, 0.3) is 32.7 Å². The number of carbonyl (C=O) groups is 4. The Hall–Kier alpha value is -6.28. The van der Waals surface area contributed by atoms with E-state index in [1.54, 1.807) is 60.7 Å². The van der Waals surface area contributed by atoms with Crippen molar-refractivity contribution in [3.05, 3.63) is 131 Å². The van der Waals surface area contributed by atoms with E-state index >= 15 is 0 Å². The van der Waals surface area contributed by atoms with E-state index in [9.17, 15) is 19.2 Å². The zero-order valence-electron chi connectivity index (χ0n) is 22.7. The molecule has 210 valence electrons. The molecular formula is C36H18O8. The van der Waals surface area contributed by atoms with Gasteiger partial charge in [0.15, 0.2) is 0 Å². The van der Waals surface area contributed by atoms with Gasteiger partial charge in [-0.3, -0.25) is 0 Å². The van der Waals surface area contributed by atoms with Crippen LogP contribution in [0.5, 0.6) is 23.0 Å². The lowest BCUT2D eigenvalue weighted by molar-refractivity contribution is 0.0373. The summed E-state index contributed by atoms with van der Waals surface area (Å²) in [4.78, 5) is 49.7. The molecule has 0 radical (unpaired) electrons. The summed E-state index contributed by atoms with van der Waals surface area (Å²) in [6.07, 6.45) is 0. The van der Waals surface area contributed by atoms with Gasteiger partial charge in [-0.05, 0) is 48.5 Å². The molecule has 0 bridgehead atoms. The van der Waals surface area contributed by atoms with Crippen LogP contribution in [0.3, 0.4) is 0 Å². The Morgan fingerprint density at radius 1 is 0.341 bits per heavy atom. The summed E-state index contributed by atoms with van der Waals surface area (Å²) in [5, 5.41) is 2.16. The molecule has 0 saturated carbocycles. The molecule has 0 atom stereocenters. The molecule has 6 aromatic carbocycles. The van der Waals surface area contributed by atoms with Crippen molar-refractivity contribution in [2.75, 3.05) is 0 Å². The van der Waals surface area contributed by atoms with Crippen LogP contribution in [0.4, 0.5) is 0 Å². The van der Waals surface area contributed by atoms with Crippen LogP contribution in [0.15, 0.2) is 109 Å². The predicted octanol–water partition coefficient (Wildman–Crippen LogP) is 7.87. The lowest BCUT2D eigenvalue weighted by Gasteiger charge is -2.20. The van der Waals surface area contributed by atoms with Gasteiger partial charge in [0, 0.05) is 32.7 Å². The highest BCUT2D eigenvalue weighted by Gasteiger charge is 2.30. The topological polar surface area (TPSA) is 105 Å². The summed E-state index contributed by atoms with van der Waals surface area (Å²) in [7, 11) is 0. The average Bonchev–Trinajstić information content (AvgIpc) is 3.04. The van der Waals surface area contributed by atoms with E-state index in [0.29, 0.717) is 66.8 Å². The molecule has 8 nitrogen and oxygen atoms in total. The summed E-state index contributed by atoms with van der Waals surface area (Å²) in [6, 6.07) is 31.7. The molecule has 0 amide bonds. The number of para-hydroxylation sites is 2. The number of rotatable bonds is 5. The summed E-state index contributed by atoms with van der Waals surface area (Å²) in [6.45, 7) is 0. The Balaban J connectivity index is 1.22. The van der Waals surface area contributed by atoms with Gasteiger partial charge < -0.3 is 18.9 Å². The van der Waals surface area contributed by atoms with Crippen molar-refractivity contribution >= 4 is 45.4 Å². The van der Waals surface area contributed by atoms with E-state index in [0.717, 1.165) is 11.1 Å². The Labute approximate surface area is 249 Å². The first kappa shape index (κ1) is 25.4. The van der Waals surface area contributed by atoms with Crippen molar-refractivity contribution in [3.8, 4) is 34.1 Å². The van der Waals surface area contributed by atoms with Crippen LogP contribution < -0.4 is 9.47 Å². The van der Waals surface area contributed by atoms with Gasteiger partial charge in [0.25, 0.3) is 0 Å². The van der Waals surface area contributed by atoms with Crippen molar-refractivity contribution in [2.24, 2.45) is 0 Å². The smallest absolute Gasteiger partial charge is 0.346 e. The summed E-state index contributed by atoms with van der Waals surface area (Å²) in [5.74, 6) is -0.849. The second-order valence-electron chi connectivity index (χ2n) is 10.2. The van der Waals surface area contributed by atoms with Crippen molar-refractivity contribution in [1.29, 1.82) is 0 Å². The van der Waals surface area contributed by atoms with Crippen LogP contribution in [-0.2, 0) is 9.47 Å². The van der Waals surface area contributed by atoms with Crippen molar-refractivity contribution < 1.29 is 38.1 Å². The van der Waals surface area contributed by atoms with E-state index in [1.165, 1.54) is 0 Å². The molecule has 2 aliphatic rings. The Bertz CT molecular complexity index is 2060. The summed E-state index contributed by atoms with van der Waals surface area (Å²) >= 11 is 0. The summed E-state index contributed by atoms with van der Waals surface area (Å²) in [5.41, 5.74) is 2.63. The van der Waals surface area contributed by atoms with Gasteiger partial charge in [0.1, 0.15) is 23.0 Å². The molecule has 2 aliphatic heterocycles. The maximum absolute atomic E-state index is 12.4.